The molecule has 0 atom stereocenters. The van der Waals surface area contributed by atoms with E-state index in [1.807, 2.05) is 6.92 Å². The van der Waals surface area contributed by atoms with E-state index in [-0.39, 0.29) is 18.3 Å². The molecule has 20 heavy (non-hydrogen) atoms. The van der Waals surface area contributed by atoms with Crippen molar-refractivity contribution < 1.29 is 19.4 Å². The average Bonchev–Trinajstić information content (AvgIpc) is 2.84. The van der Waals surface area contributed by atoms with Crippen molar-refractivity contribution >= 4 is 23.3 Å². The Kier molecular flexibility index (Phi) is 6.68. The van der Waals surface area contributed by atoms with Crippen molar-refractivity contribution in [3.63, 3.8) is 0 Å². The van der Waals surface area contributed by atoms with Crippen LogP contribution >= 0.6 is 11.3 Å². The maximum atomic E-state index is 11.4. The molecule has 2 amide bonds. The second-order valence-corrected chi connectivity index (χ2v) is 4.99. The van der Waals surface area contributed by atoms with Gasteiger partial charge in [0, 0.05) is 11.9 Å². The zero-order valence-electron chi connectivity index (χ0n) is 11.1. The van der Waals surface area contributed by atoms with E-state index in [9.17, 15) is 9.59 Å². The number of carbonyl (C=O) groups is 2. The summed E-state index contributed by atoms with van der Waals surface area (Å²) in [6.07, 6.45) is 0. The average molecular weight is 299 g/mol. The number of rotatable bonds is 8. The lowest BCUT2D eigenvalue weighted by Gasteiger charge is -2.07. The summed E-state index contributed by atoms with van der Waals surface area (Å²) in [4.78, 5) is 25.9. The minimum Gasteiger partial charge on any atom is -0.476 e. The second-order valence-electron chi connectivity index (χ2n) is 4.05. The molecule has 0 spiro atoms. The van der Waals surface area contributed by atoms with Gasteiger partial charge in [0.25, 0.3) is 0 Å². The van der Waals surface area contributed by atoms with Crippen molar-refractivity contribution in [3.8, 4) is 0 Å². The lowest BCUT2D eigenvalue weighted by atomic mass is 10.4. The van der Waals surface area contributed by atoms with E-state index in [4.69, 9.17) is 9.84 Å². The fourth-order valence-corrected chi connectivity index (χ4v) is 1.90. The van der Waals surface area contributed by atoms with E-state index in [0.29, 0.717) is 24.8 Å². The van der Waals surface area contributed by atoms with Crippen LogP contribution in [-0.4, -0.2) is 41.8 Å². The Labute approximate surface area is 120 Å². The number of hydrogen-bond donors (Lipinski definition) is 3. The highest BCUT2D eigenvalue weighted by Crippen LogP contribution is 2.09. The summed E-state index contributed by atoms with van der Waals surface area (Å²) in [6, 6.07) is -0.351. The van der Waals surface area contributed by atoms with Crippen LogP contribution in [0.2, 0.25) is 0 Å². The quantitative estimate of drug-likeness (QED) is 0.495. The standard InChI is InChI=1S/C12H17N3O4S/c1-8(2)6-19-4-3-13-12(18)14-5-10-15-9(7-20-10)11(16)17/h7H,1,3-6H2,2H3,(H,16,17)(H2,13,14,18). The number of nitrogens with one attached hydrogen (secondary N) is 2. The smallest absolute Gasteiger partial charge is 0.355 e. The van der Waals surface area contributed by atoms with Crippen LogP contribution in [0, 0.1) is 0 Å². The molecule has 1 aromatic heterocycles. The first-order valence-corrected chi connectivity index (χ1v) is 6.78. The van der Waals surface area contributed by atoms with Gasteiger partial charge in [-0.2, -0.15) is 0 Å². The third-order valence-corrected chi connectivity index (χ3v) is 2.90. The number of carboxylic acids is 1. The molecule has 0 saturated heterocycles. The minimum atomic E-state index is -1.08. The molecule has 0 bridgehead atoms. The van der Waals surface area contributed by atoms with Crippen molar-refractivity contribution in [1.29, 1.82) is 0 Å². The number of ether oxygens (including phenoxy) is 1. The number of amides is 2. The number of nitrogens with zero attached hydrogens (tertiary/aromatic N) is 1. The summed E-state index contributed by atoms with van der Waals surface area (Å²) in [5.74, 6) is -1.08. The minimum absolute atomic E-state index is 0.0135. The number of carboxylic acid groups (broad SMARTS) is 1. The first-order chi connectivity index (χ1) is 9.49. The molecule has 110 valence electrons. The van der Waals surface area contributed by atoms with Gasteiger partial charge in [-0.3, -0.25) is 0 Å². The summed E-state index contributed by atoms with van der Waals surface area (Å²) >= 11 is 1.19. The molecule has 0 aromatic carbocycles. The Morgan fingerprint density at radius 2 is 2.25 bits per heavy atom. The number of aromatic carboxylic acids is 1. The molecule has 7 nitrogen and oxygen atoms in total. The molecule has 3 N–H and O–H groups in total. The van der Waals surface area contributed by atoms with Crippen molar-refractivity contribution in [2.24, 2.45) is 0 Å². The van der Waals surface area contributed by atoms with E-state index in [1.165, 1.54) is 16.7 Å². The van der Waals surface area contributed by atoms with Crippen molar-refractivity contribution in [2.75, 3.05) is 19.8 Å². The summed E-state index contributed by atoms with van der Waals surface area (Å²) in [6.45, 7) is 7.01. The molecule has 0 aliphatic heterocycles. The molecule has 0 radical (unpaired) electrons. The number of hydrogen-bond acceptors (Lipinski definition) is 5. The normalized spacial score (nSPS) is 10.1. The van der Waals surface area contributed by atoms with Gasteiger partial charge < -0.3 is 20.5 Å². The Hall–Kier alpha value is -1.93. The summed E-state index contributed by atoms with van der Waals surface area (Å²) in [5.41, 5.74) is 0.910. The van der Waals surface area contributed by atoms with Gasteiger partial charge >= 0.3 is 12.0 Å². The number of carbonyl (C=O) groups excluding carboxylic acids is 1. The second kappa shape index (κ2) is 8.28. The molecule has 0 unspecified atom stereocenters. The number of aromatic nitrogens is 1. The topological polar surface area (TPSA) is 101 Å². The molecule has 0 aliphatic carbocycles. The first kappa shape index (κ1) is 16.1. The fourth-order valence-electron chi connectivity index (χ4n) is 1.19. The van der Waals surface area contributed by atoms with Gasteiger partial charge in [0.05, 0.1) is 19.8 Å². The zero-order chi connectivity index (χ0) is 15.0. The van der Waals surface area contributed by atoms with Crippen LogP contribution in [0.5, 0.6) is 0 Å². The van der Waals surface area contributed by atoms with Gasteiger partial charge in [-0.1, -0.05) is 12.2 Å². The first-order valence-electron chi connectivity index (χ1n) is 5.90. The maximum Gasteiger partial charge on any atom is 0.355 e. The monoisotopic (exact) mass is 299 g/mol. The van der Waals surface area contributed by atoms with Crippen LogP contribution < -0.4 is 10.6 Å². The maximum absolute atomic E-state index is 11.4. The predicted octanol–water partition coefficient (Wildman–Crippen LogP) is 1.23. The van der Waals surface area contributed by atoms with E-state index in [1.54, 1.807) is 0 Å². The Bertz CT molecular complexity index is 487. The summed E-state index contributed by atoms with van der Waals surface area (Å²) in [5, 5.41) is 15.9. The van der Waals surface area contributed by atoms with Crippen LogP contribution in [0.4, 0.5) is 4.79 Å². The van der Waals surface area contributed by atoms with Gasteiger partial charge in [-0.15, -0.1) is 11.3 Å². The largest absolute Gasteiger partial charge is 0.476 e. The highest BCUT2D eigenvalue weighted by molar-refractivity contribution is 7.09. The van der Waals surface area contributed by atoms with Crippen molar-refractivity contribution in [2.45, 2.75) is 13.5 Å². The van der Waals surface area contributed by atoms with Gasteiger partial charge in [0.15, 0.2) is 5.69 Å². The number of thiazole rings is 1. The molecular weight excluding hydrogens is 282 g/mol. The van der Waals surface area contributed by atoms with E-state index >= 15 is 0 Å². The van der Waals surface area contributed by atoms with Crippen LogP contribution in [0.25, 0.3) is 0 Å². The lowest BCUT2D eigenvalue weighted by Crippen LogP contribution is -2.36. The molecule has 1 heterocycles. The highest BCUT2D eigenvalue weighted by atomic mass is 32.1. The van der Waals surface area contributed by atoms with E-state index in [2.05, 4.69) is 22.2 Å². The molecule has 0 aliphatic rings. The van der Waals surface area contributed by atoms with Gasteiger partial charge in [-0.25, -0.2) is 14.6 Å². The van der Waals surface area contributed by atoms with Crippen molar-refractivity contribution in [3.05, 3.63) is 28.2 Å². The molecular formula is C12H17N3O4S. The van der Waals surface area contributed by atoms with E-state index in [0.717, 1.165) is 5.57 Å². The third-order valence-electron chi connectivity index (χ3n) is 2.05. The Morgan fingerprint density at radius 3 is 2.85 bits per heavy atom. The van der Waals surface area contributed by atoms with Crippen LogP contribution in [0.1, 0.15) is 22.4 Å². The lowest BCUT2D eigenvalue weighted by molar-refractivity contribution is 0.0691. The Balaban J connectivity index is 2.16. The molecule has 1 aromatic rings. The van der Waals surface area contributed by atoms with Gasteiger partial charge in [0.1, 0.15) is 5.01 Å². The predicted molar refractivity (Wildman–Crippen MR) is 74.9 cm³/mol. The molecule has 0 fully saturated rings. The van der Waals surface area contributed by atoms with Gasteiger partial charge in [-0.05, 0) is 6.92 Å². The third kappa shape index (κ3) is 6.30. The summed E-state index contributed by atoms with van der Waals surface area (Å²) in [7, 11) is 0. The van der Waals surface area contributed by atoms with Gasteiger partial charge in [0.2, 0.25) is 0 Å². The highest BCUT2D eigenvalue weighted by Gasteiger charge is 2.09. The van der Waals surface area contributed by atoms with E-state index < -0.39 is 5.97 Å². The fraction of sp³-hybridized carbons (Fsp3) is 0.417. The van der Waals surface area contributed by atoms with Crippen molar-refractivity contribution in [1.82, 2.24) is 15.6 Å². The van der Waals surface area contributed by atoms with Crippen LogP contribution in [0.15, 0.2) is 17.5 Å². The van der Waals surface area contributed by atoms with Crippen LogP contribution in [-0.2, 0) is 11.3 Å². The molecule has 0 saturated carbocycles. The summed E-state index contributed by atoms with van der Waals surface area (Å²) < 4.78 is 5.22. The van der Waals surface area contributed by atoms with Crippen LogP contribution in [0.3, 0.4) is 0 Å². The zero-order valence-corrected chi connectivity index (χ0v) is 12.0. The Morgan fingerprint density at radius 1 is 1.50 bits per heavy atom. The SMILES string of the molecule is C=C(C)COCCNC(=O)NCc1nc(C(=O)O)cs1. The number of urea groups is 1. The molecule has 8 heteroatoms. The molecule has 1 rings (SSSR count).